The molecule has 2 aromatic rings. The number of hydrogen-bond donors (Lipinski definition) is 2. The summed E-state index contributed by atoms with van der Waals surface area (Å²) < 4.78 is 13.3. The lowest BCUT2D eigenvalue weighted by atomic mass is 9.93. The third-order valence-electron chi connectivity index (χ3n) is 3.90. The van der Waals surface area contributed by atoms with Crippen molar-refractivity contribution in [2.24, 2.45) is 0 Å². The Labute approximate surface area is 133 Å². The molecule has 0 radical (unpaired) electrons. The van der Waals surface area contributed by atoms with Gasteiger partial charge in [0.25, 0.3) is 0 Å². The number of aliphatic hydroxyl groups is 1. The predicted molar refractivity (Wildman–Crippen MR) is 84.3 cm³/mol. The molecule has 0 unspecified atom stereocenters. The highest BCUT2D eigenvalue weighted by molar-refractivity contribution is 6.33. The van der Waals surface area contributed by atoms with E-state index >= 15 is 0 Å². The standard InChI is InChI=1S/C16H17ClFN3O/c17-13-9-19-16(20-10-4-6-11(22)7-5-10)8-12(13)14-2-1-3-15(18)21-14/h1-3,8-11,22H,4-7H2,(H,19,20)/t10-,11-. The lowest BCUT2D eigenvalue weighted by Gasteiger charge is -2.26. The SMILES string of the molecule is O[C@H]1CC[C@H](Nc2cc(-c3cccc(F)n3)c(Cl)cn2)CC1. The molecule has 2 heterocycles. The molecule has 6 heteroatoms. The fourth-order valence-corrected chi connectivity index (χ4v) is 2.90. The topological polar surface area (TPSA) is 58.0 Å². The summed E-state index contributed by atoms with van der Waals surface area (Å²) in [5, 5.41) is 13.3. The van der Waals surface area contributed by atoms with Gasteiger partial charge in [0, 0.05) is 17.8 Å². The van der Waals surface area contributed by atoms with Gasteiger partial charge < -0.3 is 10.4 Å². The van der Waals surface area contributed by atoms with Crippen LogP contribution in [0.4, 0.5) is 10.2 Å². The number of rotatable bonds is 3. The van der Waals surface area contributed by atoms with Crippen LogP contribution in [-0.4, -0.2) is 27.2 Å². The molecule has 0 amide bonds. The minimum Gasteiger partial charge on any atom is -0.393 e. The first kappa shape index (κ1) is 15.2. The number of anilines is 1. The van der Waals surface area contributed by atoms with Crippen LogP contribution in [0.25, 0.3) is 11.3 Å². The Balaban J connectivity index is 1.81. The second-order valence-corrected chi connectivity index (χ2v) is 5.95. The van der Waals surface area contributed by atoms with E-state index in [4.69, 9.17) is 11.6 Å². The first-order valence-electron chi connectivity index (χ1n) is 7.35. The van der Waals surface area contributed by atoms with Crippen molar-refractivity contribution >= 4 is 17.4 Å². The van der Waals surface area contributed by atoms with E-state index in [1.165, 1.54) is 6.07 Å². The molecule has 0 spiro atoms. The maximum atomic E-state index is 13.3. The summed E-state index contributed by atoms with van der Waals surface area (Å²) in [6.45, 7) is 0. The zero-order chi connectivity index (χ0) is 15.5. The van der Waals surface area contributed by atoms with Gasteiger partial charge in [-0.2, -0.15) is 4.39 Å². The van der Waals surface area contributed by atoms with Crippen molar-refractivity contribution in [2.45, 2.75) is 37.8 Å². The van der Waals surface area contributed by atoms with Gasteiger partial charge in [-0.25, -0.2) is 9.97 Å². The lowest BCUT2D eigenvalue weighted by molar-refractivity contribution is 0.126. The molecule has 0 bridgehead atoms. The molecule has 4 nitrogen and oxygen atoms in total. The van der Waals surface area contributed by atoms with Gasteiger partial charge in [0.2, 0.25) is 5.95 Å². The molecule has 0 atom stereocenters. The van der Waals surface area contributed by atoms with Gasteiger partial charge in [0.05, 0.1) is 16.8 Å². The molecule has 1 aliphatic rings. The van der Waals surface area contributed by atoms with E-state index in [1.807, 2.05) is 0 Å². The van der Waals surface area contributed by atoms with Gasteiger partial charge >= 0.3 is 0 Å². The van der Waals surface area contributed by atoms with Crippen LogP contribution in [0.15, 0.2) is 30.5 Å². The normalized spacial score (nSPS) is 21.6. The molecular formula is C16H17ClFN3O. The molecule has 2 aromatic heterocycles. The van der Waals surface area contributed by atoms with E-state index in [0.29, 0.717) is 22.1 Å². The van der Waals surface area contributed by atoms with E-state index in [2.05, 4.69) is 15.3 Å². The minimum absolute atomic E-state index is 0.191. The van der Waals surface area contributed by atoms with Crippen molar-refractivity contribution < 1.29 is 9.50 Å². The summed E-state index contributed by atoms with van der Waals surface area (Å²) in [7, 11) is 0. The Morgan fingerprint density at radius 1 is 1.23 bits per heavy atom. The number of hydrogen-bond acceptors (Lipinski definition) is 4. The maximum absolute atomic E-state index is 13.3. The fraction of sp³-hybridized carbons (Fsp3) is 0.375. The van der Waals surface area contributed by atoms with Crippen LogP contribution >= 0.6 is 11.6 Å². The van der Waals surface area contributed by atoms with Gasteiger partial charge in [-0.3, -0.25) is 0 Å². The van der Waals surface area contributed by atoms with Gasteiger partial charge in [0.15, 0.2) is 0 Å². The lowest BCUT2D eigenvalue weighted by Crippen LogP contribution is -2.28. The molecular weight excluding hydrogens is 305 g/mol. The highest BCUT2D eigenvalue weighted by Gasteiger charge is 2.19. The number of pyridine rings is 2. The highest BCUT2D eigenvalue weighted by atomic mass is 35.5. The maximum Gasteiger partial charge on any atom is 0.213 e. The van der Waals surface area contributed by atoms with Crippen LogP contribution in [-0.2, 0) is 0 Å². The molecule has 1 aliphatic carbocycles. The molecule has 1 saturated carbocycles. The van der Waals surface area contributed by atoms with Gasteiger partial charge in [-0.15, -0.1) is 0 Å². The van der Waals surface area contributed by atoms with Crippen molar-refractivity contribution in [3.63, 3.8) is 0 Å². The van der Waals surface area contributed by atoms with E-state index in [-0.39, 0.29) is 12.1 Å². The van der Waals surface area contributed by atoms with E-state index in [1.54, 1.807) is 24.4 Å². The number of nitrogens with one attached hydrogen (secondary N) is 1. The molecule has 0 aliphatic heterocycles. The smallest absolute Gasteiger partial charge is 0.213 e. The third kappa shape index (κ3) is 3.54. The van der Waals surface area contributed by atoms with Crippen LogP contribution in [0.2, 0.25) is 5.02 Å². The zero-order valence-electron chi connectivity index (χ0n) is 12.0. The number of aromatic nitrogens is 2. The van der Waals surface area contributed by atoms with Crippen molar-refractivity contribution in [2.75, 3.05) is 5.32 Å². The van der Waals surface area contributed by atoms with Crippen LogP contribution in [0.3, 0.4) is 0 Å². The van der Waals surface area contributed by atoms with Crippen LogP contribution in [0, 0.1) is 5.95 Å². The van der Waals surface area contributed by atoms with Gasteiger partial charge in [-0.05, 0) is 43.9 Å². The first-order valence-corrected chi connectivity index (χ1v) is 7.72. The van der Waals surface area contributed by atoms with Crippen molar-refractivity contribution in [1.29, 1.82) is 0 Å². The molecule has 0 saturated heterocycles. The van der Waals surface area contributed by atoms with Crippen LogP contribution < -0.4 is 5.32 Å². The Bertz CT molecular complexity index is 660. The second kappa shape index (κ2) is 6.58. The average Bonchev–Trinajstić information content (AvgIpc) is 2.51. The van der Waals surface area contributed by atoms with Crippen molar-refractivity contribution in [1.82, 2.24) is 9.97 Å². The monoisotopic (exact) mass is 321 g/mol. The zero-order valence-corrected chi connectivity index (χ0v) is 12.7. The quantitative estimate of drug-likeness (QED) is 0.847. The molecule has 116 valence electrons. The summed E-state index contributed by atoms with van der Waals surface area (Å²) in [5.41, 5.74) is 1.13. The summed E-state index contributed by atoms with van der Waals surface area (Å²) in [4.78, 5) is 8.14. The van der Waals surface area contributed by atoms with E-state index < -0.39 is 5.95 Å². The Morgan fingerprint density at radius 2 is 2.00 bits per heavy atom. The first-order chi connectivity index (χ1) is 10.6. The molecule has 3 rings (SSSR count). The average molecular weight is 322 g/mol. The Morgan fingerprint density at radius 3 is 2.73 bits per heavy atom. The summed E-state index contributed by atoms with van der Waals surface area (Å²) in [6, 6.07) is 6.68. The Kier molecular flexibility index (Phi) is 4.55. The number of nitrogens with zero attached hydrogens (tertiary/aromatic N) is 2. The fourth-order valence-electron chi connectivity index (χ4n) is 2.70. The van der Waals surface area contributed by atoms with Gasteiger partial charge in [0.1, 0.15) is 5.82 Å². The highest BCUT2D eigenvalue weighted by Crippen LogP contribution is 2.29. The van der Waals surface area contributed by atoms with Crippen molar-refractivity contribution in [3.05, 3.63) is 41.4 Å². The third-order valence-corrected chi connectivity index (χ3v) is 4.20. The largest absolute Gasteiger partial charge is 0.393 e. The molecule has 1 fully saturated rings. The summed E-state index contributed by atoms with van der Waals surface area (Å²) in [5.74, 6) is 0.146. The Hall–Kier alpha value is -1.72. The number of aliphatic hydroxyl groups excluding tert-OH is 1. The minimum atomic E-state index is -0.541. The second-order valence-electron chi connectivity index (χ2n) is 5.54. The van der Waals surface area contributed by atoms with E-state index in [0.717, 1.165) is 25.7 Å². The van der Waals surface area contributed by atoms with Crippen LogP contribution in [0.5, 0.6) is 0 Å². The van der Waals surface area contributed by atoms with E-state index in [9.17, 15) is 9.50 Å². The van der Waals surface area contributed by atoms with Crippen molar-refractivity contribution in [3.8, 4) is 11.3 Å². The number of halogens is 2. The van der Waals surface area contributed by atoms with Crippen LogP contribution in [0.1, 0.15) is 25.7 Å². The summed E-state index contributed by atoms with van der Waals surface area (Å²) in [6.07, 6.45) is 4.75. The molecule has 22 heavy (non-hydrogen) atoms. The molecule has 0 aromatic carbocycles. The van der Waals surface area contributed by atoms with Gasteiger partial charge in [-0.1, -0.05) is 17.7 Å². The molecule has 2 N–H and O–H groups in total. The predicted octanol–water partition coefficient (Wildman–Crippen LogP) is 3.65. The summed E-state index contributed by atoms with van der Waals surface area (Å²) >= 11 is 6.16.